The van der Waals surface area contributed by atoms with Crippen molar-refractivity contribution in [3.63, 3.8) is 0 Å². The summed E-state index contributed by atoms with van der Waals surface area (Å²) in [7, 11) is 1.71. The van der Waals surface area contributed by atoms with E-state index < -0.39 is 5.60 Å². The van der Waals surface area contributed by atoms with Crippen molar-refractivity contribution in [1.29, 1.82) is 0 Å². The molecule has 4 rings (SSSR count). The number of amides is 3. The van der Waals surface area contributed by atoms with Crippen LogP contribution in [0.2, 0.25) is 0 Å². The molecule has 8 heteroatoms. The number of likely N-dealkylation sites (N-methyl/N-ethyl adjacent to an activating group) is 1. The highest BCUT2D eigenvalue weighted by Gasteiger charge is 2.49. The summed E-state index contributed by atoms with van der Waals surface area (Å²) >= 11 is 1.60. The predicted octanol–water partition coefficient (Wildman–Crippen LogP) is 3.18. The van der Waals surface area contributed by atoms with Gasteiger partial charge in [-0.15, -0.1) is 11.3 Å². The number of aromatic nitrogens is 1. The van der Waals surface area contributed by atoms with Crippen molar-refractivity contribution >= 4 is 29.1 Å². The van der Waals surface area contributed by atoms with Crippen molar-refractivity contribution in [2.24, 2.45) is 0 Å². The second kappa shape index (κ2) is 6.28. The first kappa shape index (κ1) is 16.8. The van der Waals surface area contributed by atoms with Crippen LogP contribution in [0.3, 0.4) is 0 Å². The normalized spacial score (nSPS) is 22.2. The zero-order chi connectivity index (χ0) is 18.3. The molecular formula is C18H20N4O3S. The van der Waals surface area contributed by atoms with Gasteiger partial charge in [0.15, 0.2) is 5.60 Å². The van der Waals surface area contributed by atoms with Gasteiger partial charge in [0.25, 0.3) is 0 Å². The maximum absolute atomic E-state index is 12.6. The van der Waals surface area contributed by atoms with Gasteiger partial charge in [0.1, 0.15) is 0 Å². The van der Waals surface area contributed by atoms with Crippen LogP contribution in [-0.4, -0.2) is 59.2 Å². The number of carbonyl (C=O) groups excluding carboxylic acids is 2. The lowest BCUT2D eigenvalue weighted by Gasteiger charge is -2.22. The van der Waals surface area contributed by atoms with Gasteiger partial charge in [-0.1, -0.05) is 12.1 Å². The van der Waals surface area contributed by atoms with Crippen molar-refractivity contribution < 1.29 is 14.3 Å². The van der Waals surface area contributed by atoms with Gasteiger partial charge < -0.3 is 19.9 Å². The van der Waals surface area contributed by atoms with Crippen LogP contribution in [-0.2, 0) is 4.74 Å². The van der Waals surface area contributed by atoms with Crippen LogP contribution in [0.4, 0.5) is 15.3 Å². The molecule has 2 aromatic rings. The van der Waals surface area contributed by atoms with Crippen LogP contribution < -0.4 is 5.32 Å². The number of ether oxygens (including phenoxy) is 1. The molecule has 136 valence electrons. The second-order valence-corrected chi connectivity index (χ2v) is 7.90. The SMILES string of the molecule is Cc1nc(-c2cccc(NC(=O)N3CC[C@]4(CN(C)C(=O)O4)C3)c2)cs1. The molecule has 0 saturated carbocycles. The van der Waals surface area contributed by atoms with Gasteiger partial charge in [-0.3, -0.25) is 0 Å². The second-order valence-electron chi connectivity index (χ2n) is 6.84. The van der Waals surface area contributed by atoms with E-state index in [4.69, 9.17) is 4.74 Å². The third-order valence-electron chi connectivity index (χ3n) is 4.77. The number of aryl methyl sites for hydroxylation is 1. The number of urea groups is 1. The molecule has 3 heterocycles. The number of rotatable bonds is 2. The van der Waals surface area contributed by atoms with E-state index in [-0.39, 0.29) is 12.1 Å². The van der Waals surface area contributed by atoms with Gasteiger partial charge >= 0.3 is 12.1 Å². The molecule has 3 amide bonds. The highest BCUT2D eigenvalue weighted by Crippen LogP contribution is 2.32. The van der Waals surface area contributed by atoms with Gasteiger partial charge in [-0.05, 0) is 19.1 Å². The lowest BCUT2D eigenvalue weighted by atomic mass is 10.0. The summed E-state index contributed by atoms with van der Waals surface area (Å²) in [5.41, 5.74) is 2.03. The van der Waals surface area contributed by atoms with Crippen LogP contribution in [0.1, 0.15) is 11.4 Å². The Balaban J connectivity index is 1.44. The third kappa shape index (κ3) is 3.12. The summed E-state index contributed by atoms with van der Waals surface area (Å²) in [6.45, 7) is 3.47. The Labute approximate surface area is 155 Å². The molecule has 1 aromatic heterocycles. The van der Waals surface area contributed by atoms with Crippen LogP contribution in [0.15, 0.2) is 29.6 Å². The first-order valence-electron chi connectivity index (χ1n) is 8.47. The van der Waals surface area contributed by atoms with Crippen LogP contribution in [0, 0.1) is 6.92 Å². The molecule has 0 unspecified atom stereocenters. The molecule has 0 aliphatic carbocycles. The molecule has 2 aliphatic rings. The topological polar surface area (TPSA) is 74.8 Å². The smallest absolute Gasteiger partial charge is 0.410 e. The Morgan fingerprint density at radius 1 is 1.38 bits per heavy atom. The maximum atomic E-state index is 12.6. The number of nitrogens with one attached hydrogen (secondary N) is 1. The van der Waals surface area contributed by atoms with E-state index in [1.807, 2.05) is 36.6 Å². The largest absolute Gasteiger partial charge is 0.439 e. The van der Waals surface area contributed by atoms with Crippen molar-refractivity contribution in [3.8, 4) is 11.3 Å². The molecule has 2 fully saturated rings. The Bertz CT molecular complexity index is 868. The van der Waals surface area contributed by atoms with Crippen LogP contribution in [0.5, 0.6) is 0 Å². The predicted molar refractivity (Wildman–Crippen MR) is 99.3 cm³/mol. The minimum atomic E-state index is -0.566. The molecule has 2 aliphatic heterocycles. The third-order valence-corrected chi connectivity index (χ3v) is 5.55. The lowest BCUT2D eigenvalue weighted by Crippen LogP contribution is -2.40. The standard InChI is InChI=1S/C18H20N4O3S/c1-12-19-15(9-26-12)13-4-3-5-14(8-13)20-16(23)22-7-6-18(11-22)10-21(2)17(24)25-18/h3-5,8-9H,6-7,10-11H2,1-2H3,(H,20,23)/t18-/m0/s1. The quantitative estimate of drug-likeness (QED) is 0.879. The van der Waals surface area contributed by atoms with Crippen molar-refractivity contribution in [3.05, 3.63) is 34.7 Å². The zero-order valence-corrected chi connectivity index (χ0v) is 15.5. The summed E-state index contributed by atoms with van der Waals surface area (Å²) < 4.78 is 5.49. The molecule has 26 heavy (non-hydrogen) atoms. The highest BCUT2D eigenvalue weighted by molar-refractivity contribution is 7.09. The summed E-state index contributed by atoms with van der Waals surface area (Å²) in [6.07, 6.45) is 0.341. The summed E-state index contributed by atoms with van der Waals surface area (Å²) in [5.74, 6) is 0. The van der Waals surface area contributed by atoms with Crippen LogP contribution >= 0.6 is 11.3 Å². The van der Waals surface area contributed by atoms with Crippen LogP contribution in [0.25, 0.3) is 11.3 Å². The Hall–Kier alpha value is -2.61. The van der Waals surface area contributed by atoms with E-state index >= 15 is 0 Å². The Kier molecular flexibility index (Phi) is 4.07. The highest BCUT2D eigenvalue weighted by atomic mass is 32.1. The fraction of sp³-hybridized carbons (Fsp3) is 0.389. The number of carbonyl (C=O) groups is 2. The first-order chi connectivity index (χ1) is 12.4. The van der Waals surface area contributed by atoms with Gasteiger partial charge in [0.2, 0.25) is 0 Å². The molecular weight excluding hydrogens is 352 g/mol. The average Bonchev–Trinajstić information content (AvgIpc) is 3.28. The van der Waals surface area contributed by atoms with Crippen molar-refractivity contribution in [2.75, 3.05) is 32.0 Å². The maximum Gasteiger partial charge on any atom is 0.410 e. The van der Waals surface area contributed by atoms with Crippen molar-refractivity contribution in [2.45, 2.75) is 18.9 Å². The van der Waals surface area contributed by atoms with E-state index in [1.54, 1.807) is 28.2 Å². The fourth-order valence-electron chi connectivity index (χ4n) is 3.48. The molecule has 1 atom stereocenters. The molecule has 0 radical (unpaired) electrons. The Morgan fingerprint density at radius 3 is 2.92 bits per heavy atom. The molecule has 0 bridgehead atoms. The van der Waals surface area contributed by atoms with E-state index in [0.29, 0.717) is 26.1 Å². The number of benzene rings is 1. The summed E-state index contributed by atoms with van der Waals surface area (Å²) in [6, 6.07) is 7.47. The molecule has 7 nitrogen and oxygen atoms in total. The number of hydrogen-bond donors (Lipinski definition) is 1. The van der Waals surface area contributed by atoms with E-state index in [1.165, 1.54) is 0 Å². The fourth-order valence-corrected chi connectivity index (χ4v) is 4.10. The van der Waals surface area contributed by atoms with E-state index in [0.717, 1.165) is 22.0 Å². The van der Waals surface area contributed by atoms with Crippen molar-refractivity contribution in [1.82, 2.24) is 14.8 Å². The molecule has 1 aromatic carbocycles. The Morgan fingerprint density at radius 2 is 2.23 bits per heavy atom. The van der Waals surface area contributed by atoms with E-state index in [9.17, 15) is 9.59 Å². The van der Waals surface area contributed by atoms with Gasteiger partial charge in [-0.25, -0.2) is 14.6 Å². The number of anilines is 1. The first-order valence-corrected chi connectivity index (χ1v) is 9.35. The van der Waals surface area contributed by atoms with E-state index in [2.05, 4.69) is 10.3 Å². The number of nitrogens with zero attached hydrogens (tertiary/aromatic N) is 3. The molecule has 2 saturated heterocycles. The minimum Gasteiger partial charge on any atom is -0.439 e. The van der Waals surface area contributed by atoms with Gasteiger partial charge in [0, 0.05) is 36.6 Å². The number of likely N-dealkylation sites (tertiary alicyclic amines) is 1. The number of hydrogen-bond acceptors (Lipinski definition) is 5. The average molecular weight is 372 g/mol. The zero-order valence-electron chi connectivity index (χ0n) is 14.7. The number of thiazole rings is 1. The summed E-state index contributed by atoms with van der Waals surface area (Å²) in [5, 5.41) is 5.95. The molecule has 1 N–H and O–H groups in total. The monoisotopic (exact) mass is 372 g/mol. The van der Waals surface area contributed by atoms with Gasteiger partial charge in [-0.2, -0.15) is 0 Å². The minimum absolute atomic E-state index is 0.181. The lowest BCUT2D eigenvalue weighted by molar-refractivity contribution is 0.0663. The summed E-state index contributed by atoms with van der Waals surface area (Å²) in [4.78, 5) is 32.0. The molecule has 1 spiro atoms. The van der Waals surface area contributed by atoms with Gasteiger partial charge in [0.05, 0.1) is 23.8 Å².